The van der Waals surface area contributed by atoms with E-state index in [1.165, 1.54) is 6.33 Å². The molecule has 1 aromatic rings. The molecule has 0 bridgehead atoms. The number of alkyl carbamates (subject to hydrolysis) is 1. The number of rotatable bonds is 7. The number of H-pyrrole nitrogens is 1. The number of nitrogens with zero attached hydrogens (tertiary/aromatic N) is 2. The lowest BCUT2D eigenvalue weighted by Crippen LogP contribution is -2.36. The predicted octanol–water partition coefficient (Wildman–Crippen LogP) is 0.852. The van der Waals surface area contributed by atoms with Crippen LogP contribution in [0.25, 0.3) is 0 Å². The van der Waals surface area contributed by atoms with E-state index in [0.29, 0.717) is 6.54 Å². The second kappa shape index (κ2) is 7.73. The molecular formula is C12H23N5O2. The summed E-state index contributed by atoms with van der Waals surface area (Å²) in [5.74, 6) is 0.897. The smallest absolute Gasteiger partial charge is 0.407 e. The number of aryl methyl sites for hydroxylation is 1. The van der Waals surface area contributed by atoms with Crippen LogP contribution in [0, 0.1) is 0 Å². The highest BCUT2D eigenvalue weighted by Crippen LogP contribution is 2.05. The minimum atomic E-state index is -0.450. The van der Waals surface area contributed by atoms with Gasteiger partial charge in [-0.05, 0) is 33.7 Å². The molecule has 1 heterocycles. The van der Waals surface area contributed by atoms with E-state index in [1.54, 1.807) is 0 Å². The third kappa shape index (κ3) is 8.15. The van der Waals surface area contributed by atoms with E-state index in [0.717, 1.165) is 31.8 Å². The maximum atomic E-state index is 11.3. The third-order valence-electron chi connectivity index (χ3n) is 2.20. The second-order valence-corrected chi connectivity index (χ2v) is 5.21. The number of aromatic amines is 1. The molecule has 0 aliphatic heterocycles. The number of amides is 1. The largest absolute Gasteiger partial charge is 0.444 e. The molecule has 0 radical (unpaired) electrons. The van der Waals surface area contributed by atoms with Gasteiger partial charge in [0.1, 0.15) is 17.8 Å². The van der Waals surface area contributed by atoms with Gasteiger partial charge in [-0.25, -0.2) is 9.78 Å². The van der Waals surface area contributed by atoms with Gasteiger partial charge in [0.2, 0.25) is 0 Å². The Hall–Kier alpha value is -1.63. The van der Waals surface area contributed by atoms with Gasteiger partial charge in [-0.15, -0.1) is 0 Å². The van der Waals surface area contributed by atoms with Gasteiger partial charge in [-0.3, -0.25) is 5.10 Å². The van der Waals surface area contributed by atoms with E-state index in [9.17, 15) is 4.79 Å². The van der Waals surface area contributed by atoms with Gasteiger partial charge in [-0.2, -0.15) is 5.10 Å². The Labute approximate surface area is 113 Å². The number of aromatic nitrogens is 3. The number of carbonyl (C=O) groups excluding carboxylic acids is 1. The molecule has 0 aliphatic carbocycles. The standard InChI is InChI=1S/C12H23N5O2/c1-12(2,3)19-11(18)14-8-7-13-6-4-5-10-15-9-16-17-10/h9,13H,4-8H2,1-3H3,(H,14,18)(H,15,16,17). The molecular weight excluding hydrogens is 246 g/mol. The predicted molar refractivity (Wildman–Crippen MR) is 71.8 cm³/mol. The molecule has 0 aliphatic rings. The van der Waals surface area contributed by atoms with Crippen LogP contribution in [0.1, 0.15) is 33.0 Å². The van der Waals surface area contributed by atoms with Gasteiger partial charge in [0.05, 0.1) is 0 Å². The van der Waals surface area contributed by atoms with Gasteiger partial charge in [0.25, 0.3) is 0 Å². The first-order valence-electron chi connectivity index (χ1n) is 6.49. The average Bonchev–Trinajstić information content (AvgIpc) is 2.78. The van der Waals surface area contributed by atoms with E-state index >= 15 is 0 Å². The summed E-state index contributed by atoms with van der Waals surface area (Å²) in [7, 11) is 0. The van der Waals surface area contributed by atoms with Crippen molar-refractivity contribution in [2.75, 3.05) is 19.6 Å². The maximum Gasteiger partial charge on any atom is 0.407 e. The first-order chi connectivity index (χ1) is 8.97. The molecule has 0 atom stereocenters. The Balaban J connectivity index is 1.92. The summed E-state index contributed by atoms with van der Waals surface area (Å²) in [6, 6.07) is 0. The van der Waals surface area contributed by atoms with E-state index in [-0.39, 0.29) is 6.09 Å². The van der Waals surface area contributed by atoms with Crippen molar-refractivity contribution in [2.24, 2.45) is 0 Å². The Bertz CT molecular complexity index is 359. The van der Waals surface area contributed by atoms with E-state index < -0.39 is 5.60 Å². The van der Waals surface area contributed by atoms with Crippen molar-refractivity contribution in [1.29, 1.82) is 0 Å². The number of nitrogens with one attached hydrogen (secondary N) is 3. The summed E-state index contributed by atoms with van der Waals surface area (Å²) in [6.07, 6.45) is 2.97. The van der Waals surface area contributed by atoms with Crippen molar-refractivity contribution in [2.45, 2.75) is 39.2 Å². The molecule has 0 fully saturated rings. The van der Waals surface area contributed by atoms with Crippen molar-refractivity contribution in [3.05, 3.63) is 12.2 Å². The summed E-state index contributed by atoms with van der Waals surface area (Å²) < 4.78 is 5.12. The lowest BCUT2D eigenvalue weighted by molar-refractivity contribution is 0.0528. The van der Waals surface area contributed by atoms with Gasteiger partial charge in [0.15, 0.2) is 0 Å². The second-order valence-electron chi connectivity index (χ2n) is 5.21. The minimum Gasteiger partial charge on any atom is -0.444 e. The highest BCUT2D eigenvalue weighted by Gasteiger charge is 2.15. The zero-order valence-electron chi connectivity index (χ0n) is 11.8. The molecule has 0 saturated carbocycles. The summed E-state index contributed by atoms with van der Waals surface area (Å²) in [6.45, 7) is 7.67. The average molecular weight is 269 g/mol. The topological polar surface area (TPSA) is 91.9 Å². The monoisotopic (exact) mass is 269 g/mol. The van der Waals surface area contributed by atoms with Crippen LogP contribution >= 0.6 is 0 Å². The van der Waals surface area contributed by atoms with Crippen molar-refractivity contribution in [3.8, 4) is 0 Å². The Kier molecular flexibility index (Phi) is 6.27. The maximum absolute atomic E-state index is 11.3. The van der Waals surface area contributed by atoms with Crippen LogP contribution in [0.2, 0.25) is 0 Å². The molecule has 0 spiro atoms. The van der Waals surface area contributed by atoms with E-state index in [2.05, 4.69) is 25.8 Å². The molecule has 7 heteroatoms. The van der Waals surface area contributed by atoms with Gasteiger partial charge in [-0.1, -0.05) is 0 Å². The quantitative estimate of drug-likeness (QED) is 0.638. The lowest BCUT2D eigenvalue weighted by atomic mass is 10.2. The van der Waals surface area contributed by atoms with Crippen molar-refractivity contribution in [3.63, 3.8) is 0 Å². The van der Waals surface area contributed by atoms with Crippen LogP contribution in [0.4, 0.5) is 4.79 Å². The van der Waals surface area contributed by atoms with Crippen LogP contribution < -0.4 is 10.6 Å². The molecule has 1 amide bonds. The van der Waals surface area contributed by atoms with Crippen molar-refractivity contribution >= 4 is 6.09 Å². The van der Waals surface area contributed by atoms with E-state index in [1.807, 2.05) is 20.8 Å². The van der Waals surface area contributed by atoms with Crippen LogP contribution in [0.5, 0.6) is 0 Å². The summed E-state index contributed by atoms with van der Waals surface area (Å²) in [5, 5.41) is 12.5. The van der Waals surface area contributed by atoms with Gasteiger partial charge < -0.3 is 15.4 Å². The zero-order chi connectivity index (χ0) is 14.1. The fraction of sp³-hybridized carbons (Fsp3) is 0.750. The molecule has 1 aromatic heterocycles. The van der Waals surface area contributed by atoms with Crippen LogP contribution in [0.3, 0.4) is 0 Å². The molecule has 3 N–H and O–H groups in total. The summed E-state index contributed by atoms with van der Waals surface area (Å²) in [4.78, 5) is 15.4. The molecule has 0 aromatic carbocycles. The van der Waals surface area contributed by atoms with Gasteiger partial charge in [0, 0.05) is 19.5 Å². The number of hydrogen-bond donors (Lipinski definition) is 3. The first kappa shape index (κ1) is 15.4. The molecule has 0 saturated heterocycles. The Morgan fingerprint density at radius 3 is 2.79 bits per heavy atom. The minimum absolute atomic E-state index is 0.379. The molecule has 0 unspecified atom stereocenters. The fourth-order valence-corrected chi connectivity index (χ4v) is 1.42. The zero-order valence-corrected chi connectivity index (χ0v) is 11.8. The SMILES string of the molecule is CC(C)(C)OC(=O)NCCNCCCc1ncn[nH]1. The van der Waals surface area contributed by atoms with Gasteiger partial charge >= 0.3 is 6.09 Å². The normalized spacial score (nSPS) is 11.3. The third-order valence-corrected chi connectivity index (χ3v) is 2.20. The van der Waals surface area contributed by atoms with Crippen LogP contribution in [-0.4, -0.2) is 46.5 Å². The number of ether oxygens (including phenoxy) is 1. The van der Waals surface area contributed by atoms with Crippen molar-refractivity contribution in [1.82, 2.24) is 25.8 Å². The van der Waals surface area contributed by atoms with Crippen LogP contribution in [0.15, 0.2) is 6.33 Å². The Morgan fingerprint density at radius 2 is 2.16 bits per heavy atom. The van der Waals surface area contributed by atoms with Crippen LogP contribution in [-0.2, 0) is 11.2 Å². The van der Waals surface area contributed by atoms with Crippen molar-refractivity contribution < 1.29 is 9.53 Å². The number of hydrogen-bond acceptors (Lipinski definition) is 5. The number of carbonyl (C=O) groups is 1. The molecule has 1 rings (SSSR count). The molecule has 19 heavy (non-hydrogen) atoms. The van der Waals surface area contributed by atoms with E-state index in [4.69, 9.17) is 4.74 Å². The highest BCUT2D eigenvalue weighted by molar-refractivity contribution is 5.67. The lowest BCUT2D eigenvalue weighted by Gasteiger charge is -2.19. The summed E-state index contributed by atoms with van der Waals surface area (Å²) in [5.41, 5.74) is -0.450. The molecule has 7 nitrogen and oxygen atoms in total. The first-order valence-corrected chi connectivity index (χ1v) is 6.49. The fourth-order valence-electron chi connectivity index (χ4n) is 1.42. The molecule has 108 valence electrons. The Morgan fingerprint density at radius 1 is 1.37 bits per heavy atom. The summed E-state index contributed by atoms with van der Waals surface area (Å²) >= 11 is 0. The highest BCUT2D eigenvalue weighted by atomic mass is 16.6.